The number of halogens is 3. The predicted molar refractivity (Wildman–Crippen MR) is 166 cm³/mol. The van der Waals surface area contributed by atoms with E-state index in [2.05, 4.69) is 10.9 Å². The Morgan fingerprint density at radius 1 is 0.682 bits per heavy atom. The van der Waals surface area contributed by atoms with Crippen molar-refractivity contribution in [1.82, 2.24) is 15.8 Å². The van der Waals surface area contributed by atoms with Crippen molar-refractivity contribution in [2.24, 2.45) is 11.8 Å². The highest BCUT2D eigenvalue weighted by atomic mass is 35.5. The summed E-state index contributed by atoms with van der Waals surface area (Å²) in [5.74, 6) is -4.75. The van der Waals surface area contributed by atoms with Crippen LogP contribution in [0.25, 0.3) is 0 Å². The normalized spacial score (nSPS) is 25.1. The van der Waals surface area contributed by atoms with E-state index in [-0.39, 0.29) is 17.0 Å². The number of carbonyl (C=O) groups excluding carboxylic acids is 4. The standard InChI is InChI=1S/C34H24Cl3N3O4/c35-25-17-9-4-12-20(25)29(41)38-39-30(42)26(18-19-10-2-1-3-11-19)40-31(43)27-28(32(40)44)34(37)22-14-6-5-13-21(22)33(27,36)23-15-7-8-16-24(23)34/h1-17,26-28H,18H2,(H,38,41)(H,39,42)/t26-,27-,28-,33?,34?/m0/s1. The third-order valence-corrected chi connectivity index (χ3v) is 10.5. The molecule has 4 amide bonds. The third-order valence-electron chi connectivity index (χ3n) is 8.92. The summed E-state index contributed by atoms with van der Waals surface area (Å²) >= 11 is 21.3. The van der Waals surface area contributed by atoms with E-state index in [1.165, 1.54) is 6.07 Å². The van der Waals surface area contributed by atoms with Gasteiger partial charge in [0.2, 0.25) is 11.8 Å². The molecule has 4 aromatic carbocycles. The number of rotatable bonds is 5. The molecule has 4 aromatic rings. The van der Waals surface area contributed by atoms with E-state index in [1.54, 1.807) is 42.5 Å². The average molecular weight is 645 g/mol. The Morgan fingerprint density at radius 3 is 1.64 bits per heavy atom. The number of hydrogen-bond donors (Lipinski definition) is 2. The number of hydrogen-bond acceptors (Lipinski definition) is 4. The molecule has 3 aliphatic carbocycles. The summed E-state index contributed by atoms with van der Waals surface area (Å²) in [4.78, 5) is 54.0. The number of amides is 4. The van der Waals surface area contributed by atoms with E-state index in [1.807, 2.05) is 54.6 Å². The molecule has 10 heteroatoms. The SMILES string of the molecule is O=C(NNC(=O)[C@H](Cc1ccccc1)N1C(=O)[C@@H]2[C@@H](C1=O)C1(Cl)c3ccccc3C2(Cl)c2ccccc21)c1ccccc1Cl. The Balaban J connectivity index is 1.29. The zero-order chi connectivity index (χ0) is 30.8. The van der Waals surface area contributed by atoms with Crippen LogP contribution in [0.2, 0.25) is 5.02 Å². The minimum absolute atomic E-state index is 0.00394. The maximum Gasteiger partial charge on any atom is 0.271 e. The lowest BCUT2D eigenvalue weighted by atomic mass is 9.54. The van der Waals surface area contributed by atoms with Crippen molar-refractivity contribution in [3.63, 3.8) is 0 Å². The van der Waals surface area contributed by atoms with Gasteiger partial charge in [-0.25, -0.2) is 0 Å². The Kier molecular flexibility index (Phi) is 6.81. The van der Waals surface area contributed by atoms with Crippen LogP contribution in [0.5, 0.6) is 0 Å². The minimum atomic E-state index is -1.39. The van der Waals surface area contributed by atoms with Crippen molar-refractivity contribution < 1.29 is 19.2 Å². The number of benzene rings is 4. The molecule has 1 saturated heterocycles. The van der Waals surface area contributed by atoms with Gasteiger partial charge in [-0.2, -0.15) is 0 Å². The molecule has 2 bridgehead atoms. The quantitative estimate of drug-likeness (QED) is 0.175. The van der Waals surface area contributed by atoms with Crippen LogP contribution in [0.1, 0.15) is 38.2 Å². The number of imide groups is 1. The van der Waals surface area contributed by atoms with Gasteiger partial charge < -0.3 is 0 Å². The van der Waals surface area contributed by atoms with Gasteiger partial charge in [-0.05, 0) is 39.9 Å². The lowest BCUT2D eigenvalue weighted by Gasteiger charge is -2.54. The molecular weight excluding hydrogens is 621 g/mol. The second kappa shape index (κ2) is 10.5. The molecule has 0 aromatic heterocycles. The molecule has 220 valence electrons. The fraction of sp³-hybridized carbons (Fsp3) is 0.176. The number of carbonyl (C=O) groups is 4. The lowest BCUT2D eigenvalue weighted by molar-refractivity contribution is -0.148. The first-order valence-electron chi connectivity index (χ1n) is 14.0. The molecule has 1 heterocycles. The van der Waals surface area contributed by atoms with Crippen LogP contribution in [0, 0.1) is 11.8 Å². The smallest absolute Gasteiger partial charge is 0.271 e. The van der Waals surface area contributed by atoms with Crippen LogP contribution >= 0.6 is 34.8 Å². The number of nitrogens with zero attached hydrogens (tertiary/aromatic N) is 1. The summed E-state index contributed by atoms with van der Waals surface area (Å²) in [6, 6.07) is 28.7. The van der Waals surface area contributed by atoms with Crippen LogP contribution in [-0.4, -0.2) is 34.6 Å². The van der Waals surface area contributed by atoms with Gasteiger partial charge in [0.05, 0.1) is 22.4 Å². The highest BCUT2D eigenvalue weighted by Gasteiger charge is 2.73. The van der Waals surface area contributed by atoms with Gasteiger partial charge in [0.1, 0.15) is 15.8 Å². The molecule has 1 aliphatic heterocycles. The van der Waals surface area contributed by atoms with E-state index in [9.17, 15) is 19.2 Å². The van der Waals surface area contributed by atoms with Crippen molar-refractivity contribution in [1.29, 1.82) is 0 Å². The van der Waals surface area contributed by atoms with E-state index in [0.29, 0.717) is 27.8 Å². The van der Waals surface area contributed by atoms with E-state index in [0.717, 1.165) is 4.90 Å². The van der Waals surface area contributed by atoms with Crippen LogP contribution in [0.3, 0.4) is 0 Å². The molecule has 0 unspecified atom stereocenters. The van der Waals surface area contributed by atoms with Crippen LogP contribution in [0.15, 0.2) is 103 Å². The van der Waals surface area contributed by atoms with E-state index < -0.39 is 51.3 Å². The fourth-order valence-electron chi connectivity index (χ4n) is 7.05. The summed E-state index contributed by atoms with van der Waals surface area (Å²) in [7, 11) is 0. The summed E-state index contributed by atoms with van der Waals surface area (Å²) in [6.07, 6.45) is -0.00394. The molecule has 7 nitrogen and oxygen atoms in total. The zero-order valence-electron chi connectivity index (χ0n) is 23.0. The molecule has 3 atom stereocenters. The highest BCUT2D eigenvalue weighted by Crippen LogP contribution is 2.69. The third kappa shape index (κ3) is 3.96. The van der Waals surface area contributed by atoms with Crippen molar-refractivity contribution in [2.75, 3.05) is 0 Å². The maximum atomic E-state index is 14.5. The number of likely N-dealkylation sites (tertiary alicyclic amines) is 1. The molecule has 0 radical (unpaired) electrons. The van der Waals surface area contributed by atoms with Gasteiger partial charge >= 0.3 is 0 Å². The van der Waals surface area contributed by atoms with E-state index in [4.69, 9.17) is 34.8 Å². The van der Waals surface area contributed by atoms with Gasteiger partial charge in [-0.3, -0.25) is 34.9 Å². The molecular formula is C34H24Cl3N3O4. The van der Waals surface area contributed by atoms with Gasteiger partial charge in [0.15, 0.2) is 0 Å². The topological polar surface area (TPSA) is 95.6 Å². The van der Waals surface area contributed by atoms with Crippen molar-refractivity contribution >= 4 is 58.4 Å². The second-order valence-electron chi connectivity index (χ2n) is 11.1. The molecule has 1 fully saturated rings. The summed E-state index contributed by atoms with van der Waals surface area (Å²) < 4.78 is 0. The first-order chi connectivity index (χ1) is 21.2. The Hall–Kier alpha value is -4.17. The average Bonchev–Trinajstić information content (AvgIpc) is 3.32. The van der Waals surface area contributed by atoms with Crippen molar-refractivity contribution in [2.45, 2.75) is 22.2 Å². The first-order valence-corrected chi connectivity index (χ1v) is 15.2. The Bertz CT molecular complexity index is 1740. The lowest BCUT2D eigenvalue weighted by Crippen LogP contribution is -2.57. The van der Waals surface area contributed by atoms with Crippen LogP contribution in [0.4, 0.5) is 0 Å². The predicted octanol–water partition coefficient (Wildman–Crippen LogP) is 5.31. The largest absolute Gasteiger partial charge is 0.274 e. The molecule has 0 spiro atoms. The van der Waals surface area contributed by atoms with Crippen molar-refractivity contribution in [3.8, 4) is 0 Å². The summed E-state index contributed by atoms with van der Waals surface area (Å²) in [6.45, 7) is 0. The number of alkyl halides is 2. The summed E-state index contributed by atoms with van der Waals surface area (Å²) in [5, 5.41) is 0.198. The Morgan fingerprint density at radius 2 is 1.14 bits per heavy atom. The maximum absolute atomic E-state index is 14.5. The first kappa shape index (κ1) is 28.6. The minimum Gasteiger partial charge on any atom is -0.274 e. The van der Waals surface area contributed by atoms with Gasteiger partial charge in [0.25, 0.3) is 11.8 Å². The van der Waals surface area contributed by atoms with Gasteiger partial charge in [-0.15, -0.1) is 23.2 Å². The molecule has 4 aliphatic rings. The number of hydrazine groups is 1. The summed E-state index contributed by atoms with van der Waals surface area (Å²) in [5.41, 5.74) is 8.28. The highest BCUT2D eigenvalue weighted by molar-refractivity contribution is 6.36. The van der Waals surface area contributed by atoms with Crippen LogP contribution in [-0.2, 0) is 30.6 Å². The number of nitrogens with one attached hydrogen (secondary N) is 2. The second-order valence-corrected chi connectivity index (χ2v) is 12.7. The fourth-order valence-corrected chi connectivity index (χ4v) is 8.37. The molecule has 44 heavy (non-hydrogen) atoms. The molecule has 0 saturated carbocycles. The van der Waals surface area contributed by atoms with E-state index >= 15 is 0 Å². The molecule has 2 N–H and O–H groups in total. The molecule has 8 rings (SSSR count). The Labute approximate surface area is 268 Å². The van der Waals surface area contributed by atoms with Gasteiger partial charge in [0, 0.05) is 6.42 Å². The monoisotopic (exact) mass is 643 g/mol. The van der Waals surface area contributed by atoms with Crippen molar-refractivity contribution in [3.05, 3.63) is 142 Å². The zero-order valence-corrected chi connectivity index (χ0v) is 25.2. The van der Waals surface area contributed by atoms with Gasteiger partial charge in [-0.1, -0.05) is 103 Å². The van der Waals surface area contributed by atoms with Crippen LogP contribution < -0.4 is 10.9 Å².